The number of carbonyl (C=O) groups is 1. The summed E-state index contributed by atoms with van der Waals surface area (Å²) in [6, 6.07) is 29.9. The van der Waals surface area contributed by atoms with Crippen LogP contribution in [0.5, 0.6) is 0 Å². The molecule has 1 atom stereocenters. The van der Waals surface area contributed by atoms with Crippen LogP contribution in [0.25, 0.3) is 11.1 Å². The van der Waals surface area contributed by atoms with Gasteiger partial charge in [0.2, 0.25) is 0 Å². The number of benzene rings is 3. The summed E-state index contributed by atoms with van der Waals surface area (Å²) in [6.07, 6.45) is 2.98. The molecule has 154 valence electrons. The number of hydrogen-bond donors (Lipinski definition) is 0. The molecule has 0 radical (unpaired) electrons. The van der Waals surface area contributed by atoms with Gasteiger partial charge in [-0.15, -0.1) is 0 Å². The predicted molar refractivity (Wildman–Crippen MR) is 125 cm³/mol. The van der Waals surface area contributed by atoms with Gasteiger partial charge >= 0.3 is 0 Å². The third-order valence-electron chi connectivity index (χ3n) is 5.95. The van der Waals surface area contributed by atoms with Gasteiger partial charge in [0.15, 0.2) is 0 Å². The van der Waals surface area contributed by atoms with Crippen molar-refractivity contribution in [2.24, 2.45) is 0 Å². The first kappa shape index (κ1) is 19.7. The van der Waals surface area contributed by atoms with Gasteiger partial charge in [0.05, 0.1) is 6.04 Å². The summed E-state index contributed by atoms with van der Waals surface area (Å²) in [7, 11) is 0. The first-order chi connectivity index (χ1) is 15.2. The molecule has 0 aliphatic carbocycles. The molecule has 1 aromatic heterocycles. The Bertz CT molecular complexity index is 1200. The van der Waals surface area contributed by atoms with Crippen molar-refractivity contribution in [1.82, 2.24) is 9.47 Å². The van der Waals surface area contributed by atoms with Crippen LogP contribution in [0.2, 0.25) is 5.02 Å². The second-order valence-corrected chi connectivity index (χ2v) is 8.25. The summed E-state index contributed by atoms with van der Waals surface area (Å²) in [5, 5.41) is 0.680. The fourth-order valence-corrected chi connectivity index (χ4v) is 4.66. The maximum Gasteiger partial charge on any atom is 0.254 e. The van der Waals surface area contributed by atoms with Gasteiger partial charge in [-0.05, 0) is 53.4 Å². The molecule has 5 rings (SSSR count). The zero-order chi connectivity index (χ0) is 21.2. The summed E-state index contributed by atoms with van der Waals surface area (Å²) in [5.41, 5.74) is 4.99. The van der Waals surface area contributed by atoms with E-state index in [0.29, 0.717) is 17.1 Å². The maximum absolute atomic E-state index is 13.7. The molecule has 0 saturated heterocycles. The van der Waals surface area contributed by atoms with Crippen molar-refractivity contribution in [3.63, 3.8) is 0 Å². The molecular formula is C27H23ClN2O. The highest BCUT2D eigenvalue weighted by Crippen LogP contribution is 2.36. The van der Waals surface area contributed by atoms with E-state index in [1.165, 1.54) is 0 Å². The Labute approximate surface area is 187 Å². The Kier molecular flexibility index (Phi) is 5.35. The van der Waals surface area contributed by atoms with E-state index in [4.69, 9.17) is 11.6 Å². The third kappa shape index (κ3) is 3.77. The van der Waals surface area contributed by atoms with Gasteiger partial charge in [0, 0.05) is 35.6 Å². The lowest BCUT2D eigenvalue weighted by Gasteiger charge is -2.31. The number of carbonyl (C=O) groups excluding carboxylic acids is 1. The van der Waals surface area contributed by atoms with Crippen LogP contribution < -0.4 is 0 Å². The summed E-state index contributed by atoms with van der Waals surface area (Å²) >= 11 is 6.60. The van der Waals surface area contributed by atoms with Gasteiger partial charge in [-0.2, -0.15) is 0 Å². The van der Waals surface area contributed by atoms with E-state index < -0.39 is 0 Å². The van der Waals surface area contributed by atoms with E-state index >= 15 is 0 Å². The Morgan fingerprint density at radius 3 is 2.26 bits per heavy atom. The molecule has 2 heterocycles. The van der Waals surface area contributed by atoms with Crippen LogP contribution in [0.15, 0.2) is 97.2 Å². The van der Waals surface area contributed by atoms with Crippen LogP contribution in [0.4, 0.5) is 0 Å². The second kappa shape index (κ2) is 8.44. The predicted octanol–water partition coefficient (Wildman–Crippen LogP) is 6.44. The van der Waals surface area contributed by atoms with E-state index in [2.05, 4.69) is 29.0 Å². The minimum Gasteiger partial charge on any atom is -0.349 e. The minimum atomic E-state index is -0.215. The molecule has 3 nitrogen and oxygen atoms in total. The van der Waals surface area contributed by atoms with E-state index in [-0.39, 0.29) is 11.9 Å². The second-order valence-electron chi connectivity index (χ2n) is 7.85. The molecule has 31 heavy (non-hydrogen) atoms. The average Bonchev–Trinajstić information content (AvgIpc) is 3.20. The Morgan fingerprint density at radius 1 is 0.774 bits per heavy atom. The fraction of sp³-hybridized carbons (Fsp3) is 0.148. The summed E-state index contributed by atoms with van der Waals surface area (Å²) < 4.78 is 2.24. The highest BCUT2D eigenvalue weighted by Gasteiger charge is 2.32. The highest BCUT2D eigenvalue weighted by molar-refractivity contribution is 6.31. The Hall–Kier alpha value is -3.30. The molecule has 4 heteroatoms. The van der Waals surface area contributed by atoms with Crippen molar-refractivity contribution >= 4 is 17.5 Å². The van der Waals surface area contributed by atoms with Crippen LogP contribution in [0, 0.1) is 0 Å². The molecule has 1 aliphatic heterocycles. The average molecular weight is 427 g/mol. The van der Waals surface area contributed by atoms with Crippen molar-refractivity contribution in [1.29, 1.82) is 0 Å². The smallest absolute Gasteiger partial charge is 0.254 e. The van der Waals surface area contributed by atoms with Crippen LogP contribution in [0.3, 0.4) is 0 Å². The van der Waals surface area contributed by atoms with Gasteiger partial charge in [-0.25, -0.2) is 0 Å². The van der Waals surface area contributed by atoms with Crippen molar-refractivity contribution in [2.75, 3.05) is 6.54 Å². The first-order valence-corrected chi connectivity index (χ1v) is 11.0. The number of fused-ring (bicyclic) bond motifs is 1. The monoisotopic (exact) mass is 426 g/mol. The van der Waals surface area contributed by atoms with Crippen molar-refractivity contribution in [3.05, 3.63) is 119 Å². The minimum absolute atomic E-state index is 0.0270. The molecule has 3 aromatic carbocycles. The molecule has 0 saturated carbocycles. The van der Waals surface area contributed by atoms with Crippen LogP contribution in [-0.4, -0.2) is 21.9 Å². The number of nitrogens with zero attached hydrogens (tertiary/aromatic N) is 2. The summed E-state index contributed by atoms with van der Waals surface area (Å²) in [5.74, 6) is 0.0270. The lowest BCUT2D eigenvalue weighted by molar-refractivity contribution is 0.0709. The normalized spacial score (nSPS) is 15.9. The lowest BCUT2D eigenvalue weighted by Crippen LogP contribution is -2.36. The summed E-state index contributed by atoms with van der Waals surface area (Å²) in [4.78, 5) is 15.7. The standard InChI is InChI=1S/C27H23ClN2O/c28-24-11-5-4-10-23(24)26-25-12-6-17-29(25)18-7-19-30(26)27(31)22-15-13-21(14-16-22)20-8-2-1-3-9-20/h1-6,8-17,26H,7,18-19H2. The van der Waals surface area contributed by atoms with Crippen LogP contribution in [0.1, 0.15) is 34.1 Å². The molecule has 1 amide bonds. The van der Waals surface area contributed by atoms with Crippen molar-refractivity contribution in [3.8, 4) is 11.1 Å². The molecule has 4 aromatic rings. The molecular weight excluding hydrogens is 404 g/mol. The quantitative estimate of drug-likeness (QED) is 0.370. The van der Waals surface area contributed by atoms with E-state index in [1.54, 1.807) is 0 Å². The number of halogens is 1. The lowest BCUT2D eigenvalue weighted by atomic mass is 9.99. The highest BCUT2D eigenvalue weighted by atomic mass is 35.5. The Morgan fingerprint density at radius 2 is 1.48 bits per heavy atom. The Balaban J connectivity index is 1.53. The van der Waals surface area contributed by atoms with E-state index in [0.717, 1.165) is 35.3 Å². The van der Waals surface area contributed by atoms with Gasteiger partial charge in [0.1, 0.15) is 0 Å². The number of amides is 1. The van der Waals surface area contributed by atoms with E-state index in [9.17, 15) is 4.79 Å². The number of rotatable bonds is 3. The van der Waals surface area contributed by atoms with Crippen LogP contribution in [-0.2, 0) is 6.54 Å². The molecule has 0 bridgehead atoms. The van der Waals surface area contributed by atoms with Crippen molar-refractivity contribution in [2.45, 2.75) is 19.0 Å². The topological polar surface area (TPSA) is 25.2 Å². The molecule has 1 unspecified atom stereocenters. The molecule has 0 N–H and O–H groups in total. The molecule has 0 fully saturated rings. The number of aromatic nitrogens is 1. The van der Waals surface area contributed by atoms with Gasteiger partial charge < -0.3 is 9.47 Å². The van der Waals surface area contributed by atoms with Crippen molar-refractivity contribution < 1.29 is 4.79 Å². The maximum atomic E-state index is 13.7. The molecule has 0 spiro atoms. The first-order valence-electron chi connectivity index (χ1n) is 10.6. The largest absolute Gasteiger partial charge is 0.349 e. The SMILES string of the molecule is O=C(c1ccc(-c2ccccc2)cc1)N1CCCn2cccc2C1c1ccccc1Cl. The third-order valence-corrected chi connectivity index (χ3v) is 6.30. The number of hydrogen-bond acceptors (Lipinski definition) is 1. The zero-order valence-electron chi connectivity index (χ0n) is 17.1. The molecule has 1 aliphatic rings. The van der Waals surface area contributed by atoms with E-state index in [1.807, 2.05) is 77.7 Å². The zero-order valence-corrected chi connectivity index (χ0v) is 17.9. The summed E-state index contributed by atoms with van der Waals surface area (Å²) in [6.45, 7) is 1.57. The van der Waals surface area contributed by atoms with Gasteiger partial charge in [-0.3, -0.25) is 4.79 Å². The fourth-order valence-electron chi connectivity index (χ4n) is 4.42. The van der Waals surface area contributed by atoms with Gasteiger partial charge in [0.25, 0.3) is 5.91 Å². The van der Waals surface area contributed by atoms with Gasteiger partial charge in [-0.1, -0.05) is 72.3 Å². The number of aryl methyl sites for hydroxylation is 1. The van der Waals surface area contributed by atoms with Crippen LogP contribution >= 0.6 is 11.6 Å².